The molecule has 0 saturated carbocycles. The average molecular weight is 262 g/mol. The second kappa shape index (κ2) is 7.72. The smallest absolute Gasteiger partial charge is 0.00985 e. The summed E-state index contributed by atoms with van der Waals surface area (Å²) in [7, 11) is 0. The van der Waals surface area contributed by atoms with Gasteiger partial charge in [-0.3, -0.25) is 0 Å². The lowest BCUT2D eigenvalue weighted by atomic mass is 9.65. The van der Waals surface area contributed by atoms with Gasteiger partial charge >= 0.3 is 0 Å². The van der Waals surface area contributed by atoms with Crippen molar-refractivity contribution >= 4 is 0 Å². The first-order valence-corrected chi connectivity index (χ1v) is 7.67. The first-order chi connectivity index (χ1) is 8.71. The maximum absolute atomic E-state index is 2.41. The van der Waals surface area contributed by atoms with Crippen molar-refractivity contribution in [3.63, 3.8) is 0 Å². The maximum atomic E-state index is 2.41. The number of allylic oxidation sites excluding steroid dienone is 6. The van der Waals surface area contributed by atoms with Gasteiger partial charge in [-0.2, -0.15) is 0 Å². The third kappa shape index (κ3) is 5.80. The molecule has 0 N–H and O–H groups in total. The summed E-state index contributed by atoms with van der Waals surface area (Å²) in [5.41, 5.74) is 2.00. The summed E-state index contributed by atoms with van der Waals surface area (Å²) < 4.78 is 0. The fourth-order valence-corrected chi connectivity index (χ4v) is 2.85. The Hall–Kier alpha value is -0.780. The average Bonchev–Trinajstić information content (AvgIpc) is 2.31. The van der Waals surface area contributed by atoms with E-state index >= 15 is 0 Å². The lowest BCUT2D eigenvalue weighted by Crippen LogP contribution is -2.29. The van der Waals surface area contributed by atoms with E-state index in [4.69, 9.17) is 0 Å². The molecule has 0 amide bonds. The second-order valence-electron chi connectivity index (χ2n) is 7.01. The second-order valence-corrected chi connectivity index (χ2v) is 7.01. The zero-order valence-corrected chi connectivity index (χ0v) is 14.4. The Morgan fingerprint density at radius 3 is 2.05 bits per heavy atom. The Balaban J connectivity index is 5.22. The van der Waals surface area contributed by atoms with Crippen LogP contribution < -0.4 is 0 Å². The molecular formula is C19H34. The van der Waals surface area contributed by atoms with Crippen LogP contribution in [-0.4, -0.2) is 0 Å². The van der Waals surface area contributed by atoms with E-state index in [1.54, 1.807) is 0 Å². The van der Waals surface area contributed by atoms with Crippen LogP contribution in [0, 0.1) is 16.7 Å². The fraction of sp³-hybridized carbons (Fsp3) is 0.684. The molecule has 0 rings (SSSR count). The van der Waals surface area contributed by atoms with E-state index < -0.39 is 0 Å². The van der Waals surface area contributed by atoms with Crippen LogP contribution in [0.15, 0.2) is 36.0 Å². The lowest BCUT2D eigenvalue weighted by Gasteiger charge is -2.39. The highest BCUT2D eigenvalue weighted by molar-refractivity contribution is 5.29. The van der Waals surface area contributed by atoms with Crippen LogP contribution in [0.1, 0.15) is 68.2 Å². The Bertz CT molecular complexity index is 337. The molecule has 0 spiro atoms. The SMILES string of the molecule is CC=CC=C(C=CC)C(C)(C)CC(C)(C)C(C)CC. The third-order valence-corrected chi connectivity index (χ3v) is 4.44. The molecule has 0 fully saturated rings. The van der Waals surface area contributed by atoms with E-state index in [1.165, 1.54) is 18.4 Å². The fourth-order valence-electron chi connectivity index (χ4n) is 2.85. The standard InChI is InChI=1S/C19H34/c1-9-12-14-17(13-10-2)19(7,8)15-18(5,6)16(4)11-3/h9-10,12-14,16H,11,15H2,1-8H3. The van der Waals surface area contributed by atoms with Crippen LogP contribution in [0.2, 0.25) is 0 Å². The van der Waals surface area contributed by atoms with Gasteiger partial charge in [0.15, 0.2) is 0 Å². The van der Waals surface area contributed by atoms with Crippen molar-refractivity contribution in [2.75, 3.05) is 0 Å². The Labute approximate surface area is 121 Å². The van der Waals surface area contributed by atoms with E-state index in [9.17, 15) is 0 Å². The van der Waals surface area contributed by atoms with Crippen LogP contribution in [0.4, 0.5) is 0 Å². The van der Waals surface area contributed by atoms with Crippen molar-refractivity contribution in [1.29, 1.82) is 0 Å². The molecule has 0 aromatic rings. The summed E-state index contributed by atoms with van der Waals surface area (Å²) in [6.45, 7) is 18.4. The van der Waals surface area contributed by atoms with Crippen LogP contribution in [-0.2, 0) is 0 Å². The van der Waals surface area contributed by atoms with Gasteiger partial charge in [-0.05, 0) is 42.6 Å². The molecule has 0 bridgehead atoms. The van der Waals surface area contributed by atoms with Gasteiger partial charge < -0.3 is 0 Å². The molecule has 1 unspecified atom stereocenters. The van der Waals surface area contributed by atoms with Crippen molar-refractivity contribution in [3.05, 3.63) is 36.0 Å². The number of rotatable bonds is 7. The zero-order chi connectivity index (χ0) is 15.1. The Morgan fingerprint density at radius 1 is 1.05 bits per heavy atom. The van der Waals surface area contributed by atoms with Crippen LogP contribution in [0.3, 0.4) is 0 Å². The quantitative estimate of drug-likeness (QED) is 0.456. The van der Waals surface area contributed by atoms with Crippen LogP contribution >= 0.6 is 0 Å². The Morgan fingerprint density at radius 2 is 1.63 bits per heavy atom. The van der Waals surface area contributed by atoms with Crippen molar-refractivity contribution in [2.24, 2.45) is 16.7 Å². The highest BCUT2D eigenvalue weighted by Gasteiger charge is 2.33. The minimum absolute atomic E-state index is 0.207. The lowest BCUT2D eigenvalue weighted by molar-refractivity contribution is 0.148. The highest BCUT2D eigenvalue weighted by Crippen LogP contribution is 2.44. The molecule has 0 aliphatic rings. The molecule has 0 radical (unpaired) electrons. The summed E-state index contributed by atoms with van der Waals surface area (Å²) in [5, 5.41) is 0. The minimum Gasteiger partial charge on any atom is -0.0877 e. The summed E-state index contributed by atoms with van der Waals surface area (Å²) in [4.78, 5) is 0. The van der Waals surface area contributed by atoms with Gasteiger partial charge in [0, 0.05) is 0 Å². The monoisotopic (exact) mass is 262 g/mol. The van der Waals surface area contributed by atoms with E-state index in [0.29, 0.717) is 5.41 Å². The minimum atomic E-state index is 0.207. The van der Waals surface area contributed by atoms with Crippen LogP contribution in [0.25, 0.3) is 0 Å². The molecule has 0 aliphatic carbocycles. The van der Waals surface area contributed by atoms with Gasteiger partial charge in [0.1, 0.15) is 0 Å². The number of hydrogen-bond acceptors (Lipinski definition) is 0. The number of hydrogen-bond donors (Lipinski definition) is 0. The maximum Gasteiger partial charge on any atom is -0.00985 e. The topological polar surface area (TPSA) is 0 Å². The van der Waals surface area contributed by atoms with Crippen molar-refractivity contribution in [1.82, 2.24) is 0 Å². The largest absolute Gasteiger partial charge is 0.0877 e. The molecular weight excluding hydrogens is 228 g/mol. The first kappa shape index (κ1) is 18.2. The summed E-state index contributed by atoms with van der Waals surface area (Å²) in [6.07, 6.45) is 13.4. The molecule has 0 heterocycles. The summed E-state index contributed by atoms with van der Waals surface area (Å²) in [5.74, 6) is 0.750. The normalized spacial score (nSPS) is 16.5. The molecule has 0 aromatic carbocycles. The van der Waals surface area contributed by atoms with Crippen LogP contribution in [0.5, 0.6) is 0 Å². The molecule has 0 heteroatoms. The van der Waals surface area contributed by atoms with Gasteiger partial charge in [-0.25, -0.2) is 0 Å². The molecule has 110 valence electrons. The van der Waals surface area contributed by atoms with E-state index in [-0.39, 0.29) is 5.41 Å². The van der Waals surface area contributed by atoms with Gasteiger partial charge in [-0.1, -0.05) is 78.3 Å². The Kier molecular flexibility index (Phi) is 7.41. The van der Waals surface area contributed by atoms with Crippen molar-refractivity contribution in [2.45, 2.75) is 68.2 Å². The van der Waals surface area contributed by atoms with Gasteiger partial charge in [0.05, 0.1) is 0 Å². The third-order valence-electron chi connectivity index (χ3n) is 4.44. The molecule has 0 saturated heterocycles. The van der Waals surface area contributed by atoms with E-state index in [2.05, 4.69) is 85.8 Å². The molecule has 0 nitrogen and oxygen atoms in total. The predicted molar refractivity (Wildman–Crippen MR) is 89.3 cm³/mol. The molecule has 1 atom stereocenters. The van der Waals surface area contributed by atoms with Gasteiger partial charge in [0.25, 0.3) is 0 Å². The van der Waals surface area contributed by atoms with E-state index in [0.717, 1.165) is 5.92 Å². The van der Waals surface area contributed by atoms with Gasteiger partial charge in [-0.15, -0.1) is 0 Å². The summed E-state index contributed by atoms with van der Waals surface area (Å²) >= 11 is 0. The van der Waals surface area contributed by atoms with Crippen molar-refractivity contribution in [3.8, 4) is 0 Å². The highest BCUT2D eigenvalue weighted by atomic mass is 14.4. The summed E-state index contributed by atoms with van der Waals surface area (Å²) in [6, 6.07) is 0. The molecule has 0 aliphatic heterocycles. The molecule has 0 aromatic heterocycles. The van der Waals surface area contributed by atoms with E-state index in [1.807, 2.05) is 0 Å². The van der Waals surface area contributed by atoms with Crippen molar-refractivity contribution < 1.29 is 0 Å². The predicted octanol–water partition coefficient (Wildman–Crippen LogP) is 6.55. The molecule has 19 heavy (non-hydrogen) atoms. The zero-order valence-electron chi connectivity index (χ0n) is 14.4. The van der Waals surface area contributed by atoms with Gasteiger partial charge in [0.2, 0.25) is 0 Å². The first-order valence-electron chi connectivity index (χ1n) is 7.67.